The first-order valence-electron chi connectivity index (χ1n) is 8.62. The van der Waals surface area contributed by atoms with E-state index in [4.69, 9.17) is 0 Å². The predicted octanol–water partition coefficient (Wildman–Crippen LogP) is 5.30. The lowest BCUT2D eigenvalue weighted by molar-refractivity contribution is -0.117. The minimum atomic E-state index is 0.150. The fourth-order valence-corrected chi connectivity index (χ4v) is 3.54. The van der Waals surface area contributed by atoms with Gasteiger partial charge in [0.25, 0.3) is 0 Å². The summed E-state index contributed by atoms with van der Waals surface area (Å²) in [6.07, 6.45) is 5.36. The molecule has 0 unspecified atom stereocenters. The normalized spacial score (nSPS) is 20.9. The van der Waals surface area contributed by atoms with Gasteiger partial charge in [0.1, 0.15) is 0 Å². The standard InChI is InChI=1S/C21H25NO/c1-16-7-13-20(14-8-16)22-21(23)15-17-9-11-19(12-10-17)18-5-3-2-4-6-18/h2-8,13-14,17,19H,9-12,15H2,1H3,(H,22,23)/t17-,19+. The largest absolute Gasteiger partial charge is 0.326 e. The Morgan fingerprint density at radius 2 is 1.61 bits per heavy atom. The van der Waals surface area contributed by atoms with Gasteiger partial charge in [0, 0.05) is 12.1 Å². The molecule has 2 aromatic carbocycles. The van der Waals surface area contributed by atoms with E-state index in [0.29, 0.717) is 18.3 Å². The van der Waals surface area contributed by atoms with Gasteiger partial charge in [-0.1, -0.05) is 48.0 Å². The molecule has 1 aliphatic rings. The minimum Gasteiger partial charge on any atom is -0.326 e. The predicted molar refractivity (Wildman–Crippen MR) is 95.6 cm³/mol. The maximum atomic E-state index is 12.2. The van der Waals surface area contributed by atoms with E-state index >= 15 is 0 Å². The molecule has 1 amide bonds. The molecule has 0 spiro atoms. The van der Waals surface area contributed by atoms with Crippen molar-refractivity contribution in [3.8, 4) is 0 Å². The number of amides is 1. The van der Waals surface area contributed by atoms with Gasteiger partial charge in [0.15, 0.2) is 0 Å². The van der Waals surface area contributed by atoms with Crippen LogP contribution < -0.4 is 5.32 Å². The summed E-state index contributed by atoms with van der Waals surface area (Å²) < 4.78 is 0. The van der Waals surface area contributed by atoms with Crippen molar-refractivity contribution < 1.29 is 4.79 Å². The van der Waals surface area contributed by atoms with Gasteiger partial charge in [0.2, 0.25) is 5.91 Å². The Bertz CT molecular complexity index is 625. The molecule has 2 heteroatoms. The maximum Gasteiger partial charge on any atom is 0.224 e. The number of carbonyl (C=O) groups is 1. The smallest absolute Gasteiger partial charge is 0.224 e. The van der Waals surface area contributed by atoms with Crippen LogP contribution in [0.3, 0.4) is 0 Å². The summed E-state index contributed by atoms with van der Waals surface area (Å²) in [7, 11) is 0. The molecule has 1 saturated carbocycles. The molecule has 0 heterocycles. The average Bonchev–Trinajstić information content (AvgIpc) is 2.58. The van der Waals surface area contributed by atoms with Crippen LogP contribution in [0.25, 0.3) is 0 Å². The lowest BCUT2D eigenvalue weighted by Gasteiger charge is -2.28. The second-order valence-corrected chi connectivity index (χ2v) is 6.75. The lowest BCUT2D eigenvalue weighted by Crippen LogP contribution is -2.20. The van der Waals surface area contributed by atoms with E-state index in [0.717, 1.165) is 18.5 Å². The SMILES string of the molecule is Cc1ccc(NC(=O)C[C@H]2CC[C@@H](c3ccccc3)CC2)cc1. The molecule has 23 heavy (non-hydrogen) atoms. The molecule has 1 aliphatic carbocycles. The van der Waals surface area contributed by atoms with E-state index < -0.39 is 0 Å². The van der Waals surface area contributed by atoms with E-state index in [-0.39, 0.29) is 5.91 Å². The van der Waals surface area contributed by atoms with E-state index in [1.54, 1.807) is 0 Å². The maximum absolute atomic E-state index is 12.2. The summed E-state index contributed by atoms with van der Waals surface area (Å²) in [5, 5.41) is 3.02. The van der Waals surface area contributed by atoms with Crippen molar-refractivity contribution in [3.63, 3.8) is 0 Å². The first-order chi connectivity index (χ1) is 11.2. The number of aryl methyl sites for hydroxylation is 1. The van der Waals surface area contributed by atoms with Gasteiger partial charge < -0.3 is 5.32 Å². The number of rotatable bonds is 4. The van der Waals surface area contributed by atoms with Crippen molar-refractivity contribution in [1.82, 2.24) is 0 Å². The number of hydrogen-bond acceptors (Lipinski definition) is 1. The summed E-state index contributed by atoms with van der Waals surface area (Å²) in [6.45, 7) is 2.05. The summed E-state index contributed by atoms with van der Waals surface area (Å²) >= 11 is 0. The van der Waals surface area contributed by atoms with Crippen LogP contribution in [-0.4, -0.2) is 5.91 Å². The number of carbonyl (C=O) groups excluding carboxylic acids is 1. The topological polar surface area (TPSA) is 29.1 Å². The van der Waals surface area contributed by atoms with Crippen LogP contribution in [0.5, 0.6) is 0 Å². The molecule has 0 bridgehead atoms. The molecule has 0 aromatic heterocycles. The minimum absolute atomic E-state index is 0.150. The zero-order chi connectivity index (χ0) is 16.1. The molecular formula is C21H25NO. The van der Waals surface area contributed by atoms with E-state index in [1.165, 1.54) is 24.0 Å². The van der Waals surface area contributed by atoms with Crippen LogP contribution in [0.2, 0.25) is 0 Å². The molecule has 2 nitrogen and oxygen atoms in total. The second-order valence-electron chi connectivity index (χ2n) is 6.75. The Morgan fingerprint density at radius 3 is 2.26 bits per heavy atom. The monoisotopic (exact) mass is 307 g/mol. The Kier molecular flexibility index (Phi) is 5.12. The van der Waals surface area contributed by atoms with Gasteiger partial charge in [-0.3, -0.25) is 4.79 Å². The van der Waals surface area contributed by atoms with Crippen molar-refractivity contribution in [2.75, 3.05) is 5.32 Å². The van der Waals surface area contributed by atoms with Crippen molar-refractivity contribution >= 4 is 11.6 Å². The van der Waals surface area contributed by atoms with Gasteiger partial charge in [0.05, 0.1) is 0 Å². The number of anilines is 1. The molecule has 1 N–H and O–H groups in total. The van der Waals surface area contributed by atoms with Crippen LogP contribution >= 0.6 is 0 Å². The van der Waals surface area contributed by atoms with Crippen molar-refractivity contribution in [3.05, 3.63) is 65.7 Å². The summed E-state index contributed by atoms with van der Waals surface area (Å²) in [6, 6.07) is 18.8. The van der Waals surface area contributed by atoms with Crippen molar-refractivity contribution in [2.45, 2.75) is 44.9 Å². The Balaban J connectivity index is 1.47. The number of hydrogen-bond donors (Lipinski definition) is 1. The van der Waals surface area contributed by atoms with E-state index in [2.05, 4.69) is 42.6 Å². The van der Waals surface area contributed by atoms with E-state index in [1.807, 2.05) is 24.3 Å². The number of benzene rings is 2. The van der Waals surface area contributed by atoms with Crippen LogP contribution in [0.1, 0.15) is 49.1 Å². The molecule has 0 atom stereocenters. The van der Waals surface area contributed by atoms with Crippen LogP contribution in [0.15, 0.2) is 54.6 Å². The van der Waals surface area contributed by atoms with Crippen LogP contribution in [0, 0.1) is 12.8 Å². The third-order valence-electron chi connectivity index (χ3n) is 4.93. The highest BCUT2D eigenvalue weighted by atomic mass is 16.1. The van der Waals surface area contributed by atoms with Gasteiger partial charge >= 0.3 is 0 Å². The zero-order valence-electron chi connectivity index (χ0n) is 13.8. The third-order valence-corrected chi connectivity index (χ3v) is 4.93. The van der Waals surface area contributed by atoms with Crippen molar-refractivity contribution in [2.24, 2.45) is 5.92 Å². The molecule has 2 aromatic rings. The first-order valence-corrected chi connectivity index (χ1v) is 8.62. The Hall–Kier alpha value is -2.09. The lowest BCUT2D eigenvalue weighted by atomic mass is 9.77. The summed E-state index contributed by atoms with van der Waals surface area (Å²) in [4.78, 5) is 12.2. The molecule has 0 aliphatic heterocycles. The summed E-state index contributed by atoms with van der Waals surface area (Å²) in [5.41, 5.74) is 3.57. The highest BCUT2D eigenvalue weighted by Crippen LogP contribution is 2.37. The third kappa shape index (κ3) is 4.44. The molecule has 1 fully saturated rings. The fourth-order valence-electron chi connectivity index (χ4n) is 3.54. The van der Waals surface area contributed by atoms with Gasteiger partial charge in [-0.15, -0.1) is 0 Å². The number of nitrogens with one attached hydrogen (secondary N) is 1. The summed E-state index contributed by atoms with van der Waals surface area (Å²) in [5.74, 6) is 1.35. The second kappa shape index (κ2) is 7.45. The average molecular weight is 307 g/mol. The molecular weight excluding hydrogens is 282 g/mol. The Labute approximate surface area is 138 Å². The quantitative estimate of drug-likeness (QED) is 0.816. The van der Waals surface area contributed by atoms with E-state index in [9.17, 15) is 4.79 Å². The fraction of sp³-hybridized carbons (Fsp3) is 0.381. The van der Waals surface area contributed by atoms with Gasteiger partial charge in [-0.25, -0.2) is 0 Å². The molecule has 120 valence electrons. The Morgan fingerprint density at radius 1 is 0.957 bits per heavy atom. The molecule has 0 saturated heterocycles. The van der Waals surface area contributed by atoms with Gasteiger partial charge in [-0.2, -0.15) is 0 Å². The van der Waals surface area contributed by atoms with Crippen LogP contribution in [-0.2, 0) is 4.79 Å². The first kappa shape index (κ1) is 15.8. The zero-order valence-corrected chi connectivity index (χ0v) is 13.8. The molecule has 3 rings (SSSR count). The van der Waals surface area contributed by atoms with Gasteiger partial charge in [-0.05, 0) is 62.1 Å². The highest BCUT2D eigenvalue weighted by molar-refractivity contribution is 5.90. The molecule has 0 radical (unpaired) electrons. The highest BCUT2D eigenvalue weighted by Gasteiger charge is 2.23. The van der Waals surface area contributed by atoms with Crippen molar-refractivity contribution in [1.29, 1.82) is 0 Å². The van der Waals surface area contributed by atoms with Crippen LogP contribution in [0.4, 0.5) is 5.69 Å².